The first kappa shape index (κ1) is 7.92. The van der Waals surface area contributed by atoms with Gasteiger partial charge in [0.2, 0.25) is 6.43 Å². The lowest BCUT2D eigenvalue weighted by Crippen LogP contribution is -2.22. The van der Waals surface area contributed by atoms with Gasteiger partial charge in [0.15, 0.2) is 0 Å². The summed E-state index contributed by atoms with van der Waals surface area (Å²) in [6.07, 6.45) is -1.49. The van der Waals surface area contributed by atoms with Gasteiger partial charge < -0.3 is 4.90 Å². The van der Waals surface area contributed by atoms with Crippen LogP contribution in [0.25, 0.3) is 0 Å². The number of hydrogen-bond acceptors (Lipinski definition) is 1. The smallest absolute Gasteiger partial charge is 0.242 e. The Morgan fingerprint density at radius 2 is 2.10 bits per heavy atom. The molecular formula is C7H13F2N. The molecule has 60 valence electrons. The van der Waals surface area contributed by atoms with E-state index in [2.05, 4.69) is 0 Å². The van der Waals surface area contributed by atoms with Crippen LogP contribution in [-0.4, -0.2) is 31.0 Å². The molecule has 2 unspecified atom stereocenters. The van der Waals surface area contributed by atoms with Crippen LogP contribution in [0.2, 0.25) is 0 Å². The lowest BCUT2D eigenvalue weighted by molar-refractivity contribution is 0.0822. The molecule has 0 amide bonds. The SMILES string of the molecule is CC1CC(C(F)F)CN1C. The fourth-order valence-electron chi connectivity index (χ4n) is 1.43. The van der Waals surface area contributed by atoms with Crippen LogP contribution in [0.1, 0.15) is 13.3 Å². The third kappa shape index (κ3) is 1.45. The van der Waals surface area contributed by atoms with Gasteiger partial charge in [0.1, 0.15) is 0 Å². The van der Waals surface area contributed by atoms with Crippen molar-refractivity contribution in [2.45, 2.75) is 25.8 Å². The number of nitrogens with zero attached hydrogens (tertiary/aromatic N) is 1. The molecule has 1 rings (SSSR count). The zero-order valence-corrected chi connectivity index (χ0v) is 6.35. The Kier molecular flexibility index (Phi) is 2.24. The van der Waals surface area contributed by atoms with E-state index in [0.717, 1.165) is 0 Å². The fraction of sp³-hybridized carbons (Fsp3) is 1.00. The number of likely N-dealkylation sites (tertiary alicyclic amines) is 1. The van der Waals surface area contributed by atoms with Crippen LogP contribution in [0.3, 0.4) is 0 Å². The Balaban J connectivity index is 2.41. The first-order chi connectivity index (χ1) is 4.61. The van der Waals surface area contributed by atoms with Crippen LogP contribution in [0.15, 0.2) is 0 Å². The van der Waals surface area contributed by atoms with Gasteiger partial charge in [0.05, 0.1) is 0 Å². The lowest BCUT2D eigenvalue weighted by Gasteiger charge is -2.12. The summed E-state index contributed by atoms with van der Waals surface area (Å²) >= 11 is 0. The number of hydrogen-bond donors (Lipinski definition) is 0. The molecule has 1 fully saturated rings. The Hall–Kier alpha value is -0.180. The summed E-state index contributed by atoms with van der Waals surface area (Å²) in [5, 5.41) is 0. The molecule has 0 aliphatic carbocycles. The molecule has 0 aromatic carbocycles. The van der Waals surface area contributed by atoms with E-state index in [9.17, 15) is 8.78 Å². The maximum atomic E-state index is 12.1. The van der Waals surface area contributed by atoms with Gasteiger partial charge in [-0.2, -0.15) is 0 Å². The molecule has 1 aliphatic rings. The van der Waals surface area contributed by atoms with Crippen LogP contribution in [0.5, 0.6) is 0 Å². The maximum Gasteiger partial charge on any atom is 0.242 e. The standard InChI is InChI=1S/C7H13F2N/c1-5-3-6(7(8)9)4-10(5)2/h5-7H,3-4H2,1-2H3. The second-order valence-corrected chi connectivity index (χ2v) is 3.12. The summed E-state index contributed by atoms with van der Waals surface area (Å²) in [6, 6.07) is 0.332. The summed E-state index contributed by atoms with van der Waals surface area (Å²) in [5.41, 5.74) is 0. The number of halogens is 2. The van der Waals surface area contributed by atoms with Crippen LogP contribution < -0.4 is 0 Å². The van der Waals surface area contributed by atoms with Crippen molar-refractivity contribution in [3.8, 4) is 0 Å². The van der Waals surface area contributed by atoms with Crippen LogP contribution in [0.4, 0.5) is 8.78 Å². The third-order valence-electron chi connectivity index (χ3n) is 2.28. The highest BCUT2D eigenvalue weighted by Crippen LogP contribution is 2.25. The highest BCUT2D eigenvalue weighted by atomic mass is 19.3. The Morgan fingerprint density at radius 3 is 2.30 bits per heavy atom. The first-order valence-electron chi connectivity index (χ1n) is 3.59. The maximum absolute atomic E-state index is 12.1. The van der Waals surface area contributed by atoms with E-state index >= 15 is 0 Å². The molecule has 2 atom stereocenters. The van der Waals surface area contributed by atoms with Crippen molar-refractivity contribution in [1.29, 1.82) is 0 Å². The van der Waals surface area contributed by atoms with E-state index in [1.165, 1.54) is 0 Å². The second-order valence-electron chi connectivity index (χ2n) is 3.12. The molecule has 1 saturated heterocycles. The second kappa shape index (κ2) is 2.82. The van der Waals surface area contributed by atoms with Crippen molar-refractivity contribution in [2.24, 2.45) is 5.92 Å². The van der Waals surface area contributed by atoms with E-state index < -0.39 is 6.43 Å². The van der Waals surface area contributed by atoms with Gasteiger partial charge in [-0.15, -0.1) is 0 Å². The average Bonchev–Trinajstić information content (AvgIpc) is 2.13. The minimum absolute atomic E-state index is 0.332. The van der Waals surface area contributed by atoms with Gasteiger partial charge in [0, 0.05) is 18.5 Å². The minimum Gasteiger partial charge on any atom is -0.303 e. The molecular weight excluding hydrogens is 136 g/mol. The van der Waals surface area contributed by atoms with E-state index in [0.29, 0.717) is 19.0 Å². The topological polar surface area (TPSA) is 3.24 Å². The quantitative estimate of drug-likeness (QED) is 0.547. The molecule has 0 aromatic heterocycles. The summed E-state index contributed by atoms with van der Waals surface area (Å²) in [5.74, 6) is -0.389. The van der Waals surface area contributed by atoms with E-state index in [1.807, 2.05) is 18.9 Å². The van der Waals surface area contributed by atoms with Crippen molar-refractivity contribution in [2.75, 3.05) is 13.6 Å². The van der Waals surface area contributed by atoms with Crippen LogP contribution in [-0.2, 0) is 0 Å². The molecule has 1 nitrogen and oxygen atoms in total. The molecule has 0 bridgehead atoms. The summed E-state index contributed by atoms with van der Waals surface area (Å²) < 4.78 is 24.1. The van der Waals surface area contributed by atoms with Gasteiger partial charge in [-0.3, -0.25) is 0 Å². The van der Waals surface area contributed by atoms with E-state index in [1.54, 1.807) is 0 Å². The van der Waals surface area contributed by atoms with Gasteiger partial charge in [-0.1, -0.05) is 0 Å². The molecule has 0 radical (unpaired) electrons. The first-order valence-corrected chi connectivity index (χ1v) is 3.59. The molecule has 1 aliphatic heterocycles. The van der Waals surface area contributed by atoms with E-state index in [-0.39, 0.29) is 5.92 Å². The largest absolute Gasteiger partial charge is 0.303 e. The molecule has 0 spiro atoms. The predicted molar refractivity (Wildman–Crippen MR) is 36.2 cm³/mol. The zero-order valence-electron chi connectivity index (χ0n) is 6.35. The van der Waals surface area contributed by atoms with Gasteiger partial charge in [-0.05, 0) is 20.4 Å². The Morgan fingerprint density at radius 1 is 1.50 bits per heavy atom. The van der Waals surface area contributed by atoms with Crippen LogP contribution >= 0.6 is 0 Å². The lowest BCUT2D eigenvalue weighted by atomic mass is 10.1. The Bertz CT molecular complexity index is 106. The Labute approximate surface area is 60.0 Å². The normalized spacial score (nSPS) is 35.7. The molecule has 1 heterocycles. The highest BCUT2D eigenvalue weighted by Gasteiger charge is 2.31. The highest BCUT2D eigenvalue weighted by molar-refractivity contribution is 4.81. The fourth-order valence-corrected chi connectivity index (χ4v) is 1.43. The molecule has 0 saturated carbocycles. The molecule has 3 heteroatoms. The predicted octanol–water partition coefficient (Wildman–Crippen LogP) is 1.59. The van der Waals surface area contributed by atoms with Crippen molar-refractivity contribution >= 4 is 0 Å². The summed E-state index contributed by atoms with van der Waals surface area (Å²) in [7, 11) is 1.90. The van der Waals surface area contributed by atoms with Gasteiger partial charge in [-0.25, -0.2) is 8.78 Å². The van der Waals surface area contributed by atoms with Crippen molar-refractivity contribution in [3.05, 3.63) is 0 Å². The number of rotatable bonds is 1. The number of alkyl halides is 2. The summed E-state index contributed by atoms with van der Waals surface area (Å²) in [4.78, 5) is 1.98. The van der Waals surface area contributed by atoms with Crippen molar-refractivity contribution < 1.29 is 8.78 Å². The molecule has 0 aromatic rings. The minimum atomic E-state index is -2.13. The third-order valence-corrected chi connectivity index (χ3v) is 2.28. The molecule has 10 heavy (non-hydrogen) atoms. The van der Waals surface area contributed by atoms with Crippen molar-refractivity contribution in [1.82, 2.24) is 4.90 Å². The van der Waals surface area contributed by atoms with Crippen LogP contribution in [0, 0.1) is 5.92 Å². The van der Waals surface area contributed by atoms with E-state index in [4.69, 9.17) is 0 Å². The van der Waals surface area contributed by atoms with Crippen molar-refractivity contribution in [3.63, 3.8) is 0 Å². The van der Waals surface area contributed by atoms with Gasteiger partial charge in [0.25, 0.3) is 0 Å². The van der Waals surface area contributed by atoms with Gasteiger partial charge >= 0.3 is 0 Å². The summed E-state index contributed by atoms with van der Waals surface area (Å²) in [6.45, 7) is 2.54. The zero-order chi connectivity index (χ0) is 7.72. The monoisotopic (exact) mass is 149 g/mol. The average molecular weight is 149 g/mol. The molecule has 0 N–H and O–H groups in total.